The lowest BCUT2D eigenvalue weighted by Crippen LogP contribution is -2.36. The van der Waals surface area contributed by atoms with Crippen LogP contribution in [0.4, 0.5) is 5.69 Å². The van der Waals surface area contributed by atoms with Gasteiger partial charge in [0.1, 0.15) is 5.65 Å². The van der Waals surface area contributed by atoms with Crippen LogP contribution in [0.2, 0.25) is 0 Å². The Morgan fingerprint density at radius 3 is 2.75 bits per heavy atom. The minimum atomic E-state index is 0.648. The van der Waals surface area contributed by atoms with Gasteiger partial charge >= 0.3 is 0 Å². The number of rotatable bonds is 7. The van der Waals surface area contributed by atoms with Gasteiger partial charge in [-0.25, -0.2) is 9.97 Å². The highest BCUT2D eigenvalue weighted by Gasteiger charge is 2.20. The summed E-state index contributed by atoms with van der Waals surface area (Å²) in [6.45, 7) is 5.13. The molecule has 166 valence electrons. The zero-order valence-electron chi connectivity index (χ0n) is 19.0. The maximum atomic E-state index is 5.90. The molecule has 5 rings (SSSR count). The molecule has 32 heavy (non-hydrogen) atoms. The number of aromatic nitrogens is 3. The fourth-order valence-electron chi connectivity index (χ4n) is 4.89. The fraction of sp³-hybridized carbons (Fsp3) is 0.407. The van der Waals surface area contributed by atoms with E-state index in [9.17, 15) is 0 Å². The summed E-state index contributed by atoms with van der Waals surface area (Å²) < 4.78 is 2.16. The molecule has 1 aliphatic rings. The summed E-state index contributed by atoms with van der Waals surface area (Å²) in [4.78, 5) is 12.3. The minimum absolute atomic E-state index is 0.648. The van der Waals surface area contributed by atoms with E-state index in [1.54, 1.807) is 0 Å². The molecular weight excluding hydrogens is 394 g/mol. The van der Waals surface area contributed by atoms with Crippen LogP contribution in [-0.2, 0) is 6.42 Å². The first kappa shape index (κ1) is 21.0. The average Bonchev–Trinajstić information content (AvgIpc) is 3.27. The van der Waals surface area contributed by atoms with Gasteiger partial charge in [-0.2, -0.15) is 0 Å². The van der Waals surface area contributed by atoms with Crippen LogP contribution in [0.5, 0.6) is 0 Å². The van der Waals surface area contributed by atoms with E-state index < -0.39 is 0 Å². The van der Waals surface area contributed by atoms with E-state index in [2.05, 4.69) is 64.9 Å². The number of hydrogen-bond donors (Lipinski definition) is 1. The quantitative estimate of drug-likeness (QED) is 0.398. The first-order valence-electron chi connectivity index (χ1n) is 12.1. The van der Waals surface area contributed by atoms with E-state index in [0.29, 0.717) is 5.92 Å². The molecule has 0 spiro atoms. The summed E-state index contributed by atoms with van der Waals surface area (Å²) in [6, 6.07) is 15.2. The summed E-state index contributed by atoms with van der Waals surface area (Å²) >= 11 is 0. The second kappa shape index (κ2) is 9.29. The molecule has 5 heteroatoms. The van der Waals surface area contributed by atoms with Gasteiger partial charge in [0.2, 0.25) is 0 Å². The van der Waals surface area contributed by atoms with Crippen LogP contribution >= 0.6 is 0 Å². The molecule has 0 radical (unpaired) electrons. The lowest BCUT2D eigenvalue weighted by atomic mass is 9.96. The number of imidazole rings is 1. The predicted molar refractivity (Wildman–Crippen MR) is 133 cm³/mol. The molecule has 0 bridgehead atoms. The highest BCUT2D eigenvalue weighted by molar-refractivity contribution is 5.92. The van der Waals surface area contributed by atoms with Gasteiger partial charge in [-0.15, -0.1) is 0 Å². The van der Waals surface area contributed by atoms with Gasteiger partial charge in [0.15, 0.2) is 0 Å². The number of hydrogen-bond acceptors (Lipinski definition) is 4. The molecule has 4 heterocycles. The summed E-state index contributed by atoms with van der Waals surface area (Å²) in [6.07, 6.45) is 11.3. The molecule has 0 amide bonds. The summed E-state index contributed by atoms with van der Waals surface area (Å²) in [5.41, 5.74) is 12.6. The monoisotopic (exact) mass is 427 g/mol. The Bertz CT molecular complexity index is 1200. The van der Waals surface area contributed by atoms with E-state index in [1.165, 1.54) is 35.9 Å². The van der Waals surface area contributed by atoms with E-state index in [4.69, 9.17) is 15.7 Å². The van der Waals surface area contributed by atoms with E-state index in [-0.39, 0.29) is 0 Å². The summed E-state index contributed by atoms with van der Waals surface area (Å²) in [5, 5.41) is 1.18. The lowest BCUT2D eigenvalue weighted by Gasteiger charge is -2.33. The van der Waals surface area contributed by atoms with E-state index in [1.807, 2.05) is 6.20 Å². The molecule has 2 N–H and O–H groups in total. The van der Waals surface area contributed by atoms with Gasteiger partial charge in [0.25, 0.3) is 0 Å². The van der Waals surface area contributed by atoms with Gasteiger partial charge in [0, 0.05) is 24.7 Å². The number of nitrogens with two attached hydrogens (primary N) is 1. The van der Waals surface area contributed by atoms with Crippen molar-refractivity contribution in [3.63, 3.8) is 0 Å². The number of anilines is 1. The third-order valence-corrected chi connectivity index (χ3v) is 6.90. The minimum Gasteiger partial charge on any atom is -0.370 e. The topological polar surface area (TPSA) is 59.5 Å². The van der Waals surface area contributed by atoms with Crippen LogP contribution in [-0.4, -0.2) is 34.0 Å². The van der Waals surface area contributed by atoms with Crippen molar-refractivity contribution in [3.8, 4) is 11.4 Å². The molecule has 0 atom stereocenters. The number of benzene rings is 1. The Balaban J connectivity index is 1.47. The van der Waals surface area contributed by atoms with Crippen molar-refractivity contribution in [1.82, 2.24) is 14.4 Å². The van der Waals surface area contributed by atoms with Crippen LogP contribution in [0.3, 0.4) is 0 Å². The fourth-order valence-corrected chi connectivity index (χ4v) is 4.89. The van der Waals surface area contributed by atoms with Crippen molar-refractivity contribution in [1.29, 1.82) is 0 Å². The number of unbranched alkanes of at least 4 members (excludes halogenated alkanes) is 2. The van der Waals surface area contributed by atoms with Crippen molar-refractivity contribution >= 4 is 22.2 Å². The maximum absolute atomic E-state index is 5.90. The SMILES string of the molecule is CCCCCc1ccn2c(-c3ccc4cccc(N5CCC(CN)CC5)c4n3)cnc2c1. The molecule has 1 saturated heterocycles. The first-order valence-corrected chi connectivity index (χ1v) is 12.1. The molecular formula is C27H33N5. The third kappa shape index (κ3) is 4.09. The van der Waals surface area contributed by atoms with Gasteiger partial charge in [-0.1, -0.05) is 38.0 Å². The number of piperidine rings is 1. The first-order chi connectivity index (χ1) is 15.8. The molecule has 4 aromatic rings. The Hall–Kier alpha value is -2.92. The zero-order valence-corrected chi connectivity index (χ0v) is 19.0. The average molecular weight is 428 g/mol. The Morgan fingerprint density at radius 1 is 1.06 bits per heavy atom. The van der Waals surface area contributed by atoms with Crippen LogP contribution < -0.4 is 10.6 Å². The smallest absolute Gasteiger partial charge is 0.137 e. The number of aryl methyl sites for hydroxylation is 1. The van der Waals surface area contributed by atoms with Gasteiger partial charge in [0.05, 0.1) is 28.8 Å². The van der Waals surface area contributed by atoms with Crippen molar-refractivity contribution in [2.75, 3.05) is 24.5 Å². The standard InChI is InChI=1S/C27H33N5/c1-2-3-4-6-20-13-16-32-25(19-29-26(32)17-20)23-10-9-22-7-5-8-24(27(22)30-23)31-14-11-21(18-28)12-15-31/h5,7-10,13,16-17,19,21H,2-4,6,11-12,14-15,18,28H2,1H3. The van der Waals surface area contributed by atoms with Gasteiger partial charge in [-0.3, -0.25) is 4.40 Å². The predicted octanol–water partition coefficient (Wildman–Crippen LogP) is 5.46. The number of pyridine rings is 2. The number of para-hydroxylation sites is 1. The normalized spacial score (nSPS) is 15.1. The van der Waals surface area contributed by atoms with Gasteiger partial charge < -0.3 is 10.6 Å². The van der Waals surface area contributed by atoms with Crippen LogP contribution in [0.1, 0.15) is 44.6 Å². The molecule has 0 unspecified atom stereocenters. The Morgan fingerprint density at radius 2 is 1.94 bits per heavy atom. The molecule has 1 fully saturated rings. The summed E-state index contributed by atoms with van der Waals surface area (Å²) in [7, 11) is 0. The van der Waals surface area contributed by atoms with Crippen molar-refractivity contribution in [3.05, 3.63) is 60.4 Å². The molecule has 1 aromatic carbocycles. The third-order valence-electron chi connectivity index (χ3n) is 6.90. The second-order valence-electron chi connectivity index (χ2n) is 9.08. The summed E-state index contributed by atoms with van der Waals surface area (Å²) in [5.74, 6) is 0.648. The second-order valence-corrected chi connectivity index (χ2v) is 9.08. The molecule has 1 aliphatic heterocycles. The zero-order chi connectivity index (χ0) is 21.9. The van der Waals surface area contributed by atoms with E-state index in [0.717, 1.165) is 61.4 Å². The van der Waals surface area contributed by atoms with Crippen LogP contribution in [0, 0.1) is 5.92 Å². The number of nitrogens with zero attached hydrogens (tertiary/aromatic N) is 4. The van der Waals surface area contributed by atoms with Crippen molar-refractivity contribution < 1.29 is 0 Å². The molecule has 0 saturated carbocycles. The lowest BCUT2D eigenvalue weighted by molar-refractivity contribution is 0.415. The van der Waals surface area contributed by atoms with Crippen molar-refractivity contribution in [2.45, 2.75) is 45.4 Å². The Labute approximate surface area is 190 Å². The highest BCUT2D eigenvalue weighted by atomic mass is 15.1. The number of fused-ring (bicyclic) bond motifs is 2. The van der Waals surface area contributed by atoms with Crippen LogP contribution in [0.25, 0.3) is 27.9 Å². The maximum Gasteiger partial charge on any atom is 0.137 e. The highest BCUT2D eigenvalue weighted by Crippen LogP contribution is 2.31. The Kier molecular flexibility index (Phi) is 6.08. The van der Waals surface area contributed by atoms with Gasteiger partial charge in [-0.05, 0) is 68.0 Å². The largest absolute Gasteiger partial charge is 0.370 e. The molecule has 5 nitrogen and oxygen atoms in total. The van der Waals surface area contributed by atoms with E-state index >= 15 is 0 Å². The molecule has 3 aromatic heterocycles. The molecule has 0 aliphatic carbocycles. The van der Waals surface area contributed by atoms with Crippen LogP contribution in [0.15, 0.2) is 54.9 Å². The van der Waals surface area contributed by atoms with Crippen molar-refractivity contribution in [2.24, 2.45) is 11.7 Å².